The van der Waals surface area contributed by atoms with Gasteiger partial charge in [0.2, 0.25) is 0 Å². The second-order valence-electron chi connectivity index (χ2n) is 5.31. The Labute approximate surface area is 122 Å². The van der Waals surface area contributed by atoms with E-state index in [1.165, 1.54) is 5.56 Å². The number of carbonyl (C=O) groups excluding carboxylic acids is 1. The topological polar surface area (TPSA) is 46.5 Å². The zero-order valence-corrected chi connectivity index (χ0v) is 12.5. The maximum atomic E-state index is 11.4. The Morgan fingerprint density at radius 3 is 2.65 bits per heavy atom. The molecule has 0 radical (unpaired) electrons. The van der Waals surface area contributed by atoms with Gasteiger partial charge in [0.1, 0.15) is 0 Å². The van der Waals surface area contributed by atoms with E-state index in [-0.39, 0.29) is 5.97 Å². The Kier molecular flexibility index (Phi) is 7.97. The molecule has 3 nitrogen and oxygen atoms in total. The number of esters is 1. The summed E-state index contributed by atoms with van der Waals surface area (Å²) < 4.78 is 5.07. The fourth-order valence-corrected chi connectivity index (χ4v) is 2.13. The van der Waals surface area contributed by atoms with E-state index >= 15 is 0 Å². The van der Waals surface area contributed by atoms with Crippen molar-refractivity contribution in [2.75, 3.05) is 6.61 Å². The molecule has 0 spiro atoms. The largest absolute Gasteiger partial charge is 0.466 e. The van der Waals surface area contributed by atoms with Gasteiger partial charge in [-0.3, -0.25) is 4.79 Å². The number of rotatable bonds is 9. The SMILES string of the molecule is CCCCOC(=O)CCC(O)CC(C)c1ccccc1. The molecule has 1 rings (SSSR count). The van der Waals surface area contributed by atoms with Crippen LogP contribution in [0.15, 0.2) is 30.3 Å². The smallest absolute Gasteiger partial charge is 0.305 e. The first-order valence-corrected chi connectivity index (χ1v) is 7.52. The predicted octanol–water partition coefficient (Wildman–Crippen LogP) is 3.66. The quantitative estimate of drug-likeness (QED) is 0.554. The van der Waals surface area contributed by atoms with Crippen LogP contribution in [0.2, 0.25) is 0 Å². The highest BCUT2D eigenvalue weighted by Crippen LogP contribution is 2.21. The molecule has 0 aliphatic rings. The van der Waals surface area contributed by atoms with Gasteiger partial charge < -0.3 is 9.84 Å². The molecule has 0 heterocycles. The van der Waals surface area contributed by atoms with E-state index in [1.807, 2.05) is 18.2 Å². The van der Waals surface area contributed by atoms with Crippen LogP contribution in [0.1, 0.15) is 57.4 Å². The molecule has 20 heavy (non-hydrogen) atoms. The van der Waals surface area contributed by atoms with E-state index in [2.05, 4.69) is 26.0 Å². The summed E-state index contributed by atoms with van der Waals surface area (Å²) in [6.07, 6.45) is 2.91. The predicted molar refractivity (Wildman–Crippen MR) is 80.6 cm³/mol. The van der Waals surface area contributed by atoms with Crippen LogP contribution in [-0.4, -0.2) is 23.8 Å². The summed E-state index contributed by atoms with van der Waals surface area (Å²) in [6, 6.07) is 10.1. The first-order chi connectivity index (χ1) is 9.63. The van der Waals surface area contributed by atoms with Crippen molar-refractivity contribution in [3.8, 4) is 0 Å². The second-order valence-corrected chi connectivity index (χ2v) is 5.31. The standard InChI is InChI=1S/C17H26O3/c1-3-4-12-20-17(19)11-10-16(18)13-14(2)15-8-6-5-7-9-15/h5-9,14,16,18H,3-4,10-13H2,1-2H3. The van der Waals surface area contributed by atoms with Crippen molar-refractivity contribution in [2.24, 2.45) is 0 Å². The number of aliphatic hydroxyl groups excluding tert-OH is 1. The summed E-state index contributed by atoms with van der Waals surface area (Å²) in [4.78, 5) is 11.4. The van der Waals surface area contributed by atoms with Gasteiger partial charge >= 0.3 is 5.97 Å². The lowest BCUT2D eigenvalue weighted by atomic mass is 9.93. The van der Waals surface area contributed by atoms with Crippen molar-refractivity contribution in [1.29, 1.82) is 0 Å². The summed E-state index contributed by atoms with van der Waals surface area (Å²) in [7, 11) is 0. The third-order valence-electron chi connectivity index (χ3n) is 3.44. The minimum atomic E-state index is -0.455. The molecule has 2 unspecified atom stereocenters. The molecular weight excluding hydrogens is 252 g/mol. The summed E-state index contributed by atoms with van der Waals surface area (Å²) in [5, 5.41) is 9.99. The molecule has 0 aliphatic heterocycles. The maximum Gasteiger partial charge on any atom is 0.305 e. The zero-order chi connectivity index (χ0) is 14.8. The maximum absolute atomic E-state index is 11.4. The normalized spacial score (nSPS) is 13.8. The summed E-state index contributed by atoms with van der Waals surface area (Å²) in [6.45, 7) is 4.65. The number of benzene rings is 1. The van der Waals surface area contributed by atoms with Crippen molar-refractivity contribution in [3.05, 3.63) is 35.9 Å². The number of hydrogen-bond donors (Lipinski definition) is 1. The third-order valence-corrected chi connectivity index (χ3v) is 3.44. The van der Waals surface area contributed by atoms with Gasteiger partial charge in [-0.15, -0.1) is 0 Å². The molecule has 0 amide bonds. The monoisotopic (exact) mass is 278 g/mol. The number of carbonyl (C=O) groups is 1. The van der Waals surface area contributed by atoms with E-state index in [0.29, 0.717) is 31.8 Å². The van der Waals surface area contributed by atoms with Crippen LogP contribution in [0.4, 0.5) is 0 Å². The molecule has 0 aromatic heterocycles. The van der Waals surface area contributed by atoms with E-state index in [1.54, 1.807) is 0 Å². The Balaban J connectivity index is 2.23. The Bertz CT molecular complexity index is 375. The molecule has 0 saturated heterocycles. The van der Waals surface area contributed by atoms with E-state index in [0.717, 1.165) is 12.8 Å². The number of ether oxygens (including phenoxy) is 1. The minimum absolute atomic E-state index is 0.204. The molecular formula is C17H26O3. The van der Waals surface area contributed by atoms with Crippen LogP contribution in [0.3, 0.4) is 0 Å². The van der Waals surface area contributed by atoms with Gasteiger partial charge in [-0.05, 0) is 30.7 Å². The molecule has 112 valence electrons. The van der Waals surface area contributed by atoms with Crippen LogP contribution in [0, 0.1) is 0 Å². The second kappa shape index (κ2) is 9.54. The number of unbranched alkanes of at least 4 members (excludes halogenated alkanes) is 1. The molecule has 0 saturated carbocycles. The van der Waals surface area contributed by atoms with Crippen LogP contribution >= 0.6 is 0 Å². The van der Waals surface area contributed by atoms with E-state index in [4.69, 9.17) is 4.74 Å². The average Bonchev–Trinajstić information content (AvgIpc) is 2.46. The van der Waals surface area contributed by atoms with Crippen molar-refractivity contribution < 1.29 is 14.6 Å². The number of hydrogen-bond acceptors (Lipinski definition) is 3. The van der Waals surface area contributed by atoms with Crippen LogP contribution in [0.5, 0.6) is 0 Å². The highest BCUT2D eigenvalue weighted by Gasteiger charge is 2.14. The van der Waals surface area contributed by atoms with Gasteiger partial charge in [0.05, 0.1) is 12.7 Å². The lowest BCUT2D eigenvalue weighted by Crippen LogP contribution is -2.14. The van der Waals surface area contributed by atoms with Crippen molar-refractivity contribution in [3.63, 3.8) is 0 Å². The summed E-state index contributed by atoms with van der Waals surface area (Å²) in [5.41, 5.74) is 1.22. The first kappa shape index (κ1) is 16.7. The molecule has 1 N–H and O–H groups in total. The van der Waals surface area contributed by atoms with Crippen molar-refractivity contribution >= 4 is 5.97 Å². The fourth-order valence-electron chi connectivity index (χ4n) is 2.13. The van der Waals surface area contributed by atoms with E-state index in [9.17, 15) is 9.90 Å². The van der Waals surface area contributed by atoms with E-state index < -0.39 is 6.10 Å². The first-order valence-electron chi connectivity index (χ1n) is 7.52. The van der Waals surface area contributed by atoms with Crippen LogP contribution in [0.25, 0.3) is 0 Å². The molecule has 0 bridgehead atoms. The van der Waals surface area contributed by atoms with Gasteiger partial charge in [-0.25, -0.2) is 0 Å². The number of aliphatic hydroxyl groups is 1. The van der Waals surface area contributed by atoms with Gasteiger partial charge in [0.25, 0.3) is 0 Å². The lowest BCUT2D eigenvalue weighted by molar-refractivity contribution is -0.144. The van der Waals surface area contributed by atoms with Gasteiger partial charge in [0.15, 0.2) is 0 Å². The zero-order valence-electron chi connectivity index (χ0n) is 12.5. The molecule has 0 fully saturated rings. The Morgan fingerprint density at radius 2 is 2.00 bits per heavy atom. The minimum Gasteiger partial charge on any atom is -0.466 e. The van der Waals surface area contributed by atoms with Crippen molar-refractivity contribution in [2.45, 2.75) is 58.0 Å². The summed E-state index contributed by atoms with van der Waals surface area (Å²) >= 11 is 0. The fraction of sp³-hybridized carbons (Fsp3) is 0.588. The molecule has 2 atom stereocenters. The molecule has 0 aliphatic carbocycles. The van der Waals surface area contributed by atoms with Gasteiger partial charge in [0, 0.05) is 6.42 Å². The Morgan fingerprint density at radius 1 is 1.30 bits per heavy atom. The van der Waals surface area contributed by atoms with Crippen LogP contribution < -0.4 is 0 Å². The highest BCUT2D eigenvalue weighted by molar-refractivity contribution is 5.69. The lowest BCUT2D eigenvalue weighted by Gasteiger charge is -2.16. The highest BCUT2D eigenvalue weighted by atomic mass is 16.5. The molecule has 1 aromatic carbocycles. The van der Waals surface area contributed by atoms with Gasteiger partial charge in [-0.1, -0.05) is 50.6 Å². The summed E-state index contributed by atoms with van der Waals surface area (Å²) in [5.74, 6) is 0.0900. The average molecular weight is 278 g/mol. The molecule has 1 aromatic rings. The van der Waals surface area contributed by atoms with Crippen molar-refractivity contribution in [1.82, 2.24) is 0 Å². The molecule has 3 heteroatoms. The third kappa shape index (κ3) is 6.71. The Hall–Kier alpha value is -1.35. The van der Waals surface area contributed by atoms with Gasteiger partial charge in [-0.2, -0.15) is 0 Å². The van der Waals surface area contributed by atoms with Crippen LogP contribution in [-0.2, 0) is 9.53 Å².